The molecule has 0 aliphatic heterocycles. The van der Waals surface area contributed by atoms with Crippen LogP contribution in [0.2, 0.25) is 0 Å². The summed E-state index contributed by atoms with van der Waals surface area (Å²) in [5.74, 6) is 0.0561. The van der Waals surface area contributed by atoms with Crippen LogP contribution in [0.25, 0.3) is 10.9 Å². The number of hydrogen-bond donors (Lipinski definition) is 1. The molecule has 0 aliphatic rings. The molecular weight excluding hydrogens is 228 g/mol. The number of benzene rings is 1. The fraction of sp³-hybridized carbons (Fsp3) is 0.214. The number of phenols is 1. The number of carbonyl (C=O) groups excluding carboxylic acids is 1. The van der Waals surface area contributed by atoms with Gasteiger partial charge in [-0.1, -0.05) is 6.07 Å². The predicted molar refractivity (Wildman–Crippen MR) is 71.5 cm³/mol. The van der Waals surface area contributed by atoms with Gasteiger partial charge in [0.25, 0.3) is 0 Å². The predicted octanol–water partition coefficient (Wildman–Crippen LogP) is 2.58. The van der Waals surface area contributed by atoms with Crippen LogP contribution in [0.5, 0.6) is 5.75 Å². The molecule has 18 heavy (non-hydrogen) atoms. The van der Waals surface area contributed by atoms with Crippen LogP contribution < -0.4 is 0 Å². The standard InChI is InChI=1S/C14H14N2O2/c1-9(2)16-7-10-6-11(8-17)12-4-3-5-15-13(12)14(10)18/h3-9,18H,1-2H3. The average molecular weight is 242 g/mol. The van der Waals surface area contributed by atoms with Crippen LogP contribution in [-0.4, -0.2) is 28.6 Å². The summed E-state index contributed by atoms with van der Waals surface area (Å²) in [7, 11) is 0. The summed E-state index contributed by atoms with van der Waals surface area (Å²) in [6.45, 7) is 3.88. The van der Waals surface area contributed by atoms with Gasteiger partial charge in [0.1, 0.15) is 5.52 Å². The number of rotatable bonds is 3. The molecule has 0 unspecified atom stereocenters. The van der Waals surface area contributed by atoms with E-state index in [2.05, 4.69) is 9.98 Å². The van der Waals surface area contributed by atoms with Crippen molar-refractivity contribution in [2.75, 3.05) is 0 Å². The molecule has 0 saturated carbocycles. The van der Waals surface area contributed by atoms with E-state index in [1.165, 1.54) is 0 Å². The first-order chi connectivity index (χ1) is 8.63. The highest BCUT2D eigenvalue weighted by Gasteiger charge is 2.10. The van der Waals surface area contributed by atoms with Crippen molar-refractivity contribution in [3.8, 4) is 5.75 Å². The second kappa shape index (κ2) is 4.96. The third-order valence-corrected chi connectivity index (χ3v) is 2.57. The Hall–Kier alpha value is -2.23. The third-order valence-electron chi connectivity index (χ3n) is 2.57. The molecule has 4 heteroatoms. The third kappa shape index (κ3) is 2.22. The molecule has 1 heterocycles. The molecular formula is C14H14N2O2. The van der Waals surface area contributed by atoms with Crippen LogP contribution in [0.15, 0.2) is 29.4 Å². The Labute approximate surface area is 105 Å². The summed E-state index contributed by atoms with van der Waals surface area (Å²) < 4.78 is 0. The Morgan fingerprint density at radius 3 is 2.83 bits per heavy atom. The lowest BCUT2D eigenvalue weighted by molar-refractivity contribution is 0.112. The van der Waals surface area contributed by atoms with E-state index in [4.69, 9.17) is 0 Å². The van der Waals surface area contributed by atoms with Crippen molar-refractivity contribution < 1.29 is 9.90 Å². The van der Waals surface area contributed by atoms with Crippen LogP contribution in [0, 0.1) is 0 Å². The van der Waals surface area contributed by atoms with Gasteiger partial charge in [0.2, 0.25) is 0 Å². The summed E-state index contributed by atoms with van der Waals surface area (Å²) in [5.41, 5.74) is 1.44. The first-order valence-corrected chi connectivity index (χ1v) is 5.72. The number of aldehydes is 1. The number of aromatic hydroxyl groups is 1. The van der Waals surface area contributed by atoms with Crippen LogP contribution in [0.1, 0.15) is 29.8 Å². The van der Waals surface area contributed by atoms with E-state index in [9.17, 15) is 9.90 Å². The first-order valence-electron chi connectivity index (χ1n) is 5.72. The molecule has 0 radical (unpaired) electrons. The molecule has 2 aromatic rings. The zero-order valence-electron chi connectivity index (χ0n) is 10.3. The Morgan fingerprint density at radius 2 is 2.17 bits per heavy atom. The molecule has 1 aromatic heterocycles. The molecule has 1 N–H and O–H groups in total. The minimum absolute atomic E-state index is 0.0561. The topological polar surface area (TPSA) is 62.5 Å². The largest absolute Gasteiger partial charge is 0.505 e. The van der Waals surface area contributed by atoms with Gasteiger partial charge in [-0.05, 0) is 26.0 Å². The van der Waals surface area contributed by atoms with E-state index in [1.54, 1.807) is 30.6 Å². The molecule has 0 spiro atoms. The van der Waals surface area contributed by atoms with E-state index in [0.717, 1.165) is 6.29 Å². The van der Waals surface area contributed by atoms with Crippen LogP contribution in [0.4, 0.5) is 0 Å². The van der Waals surface area contributed by atoms with E-state index < -0.39 is 0 Å². The van der Waals surface area contributed by atoms with Crippen molar-refractivity contribution in [2.45, 2.75) is 19.9 Å². The second-order valence-electron chi connectivity index (χ2n) is 4.29. The summed E-state index contributed by atoms with van der Waals surface area (Å²) in [4.78, 5) is 19.4. The van der Waals surface area contributed by atoms with E-state index >= 15 is 0 Å². The van der Waals surface area contributed by atoms with Gasteiger partial charge in [-0.25, -0.2) is 0 Å². The molecule has 0 atom stereocenters. The van der Waals surface area contributed by atoms with Crippen molar-refractivity contribution in [1.82, 2.24) is 4.98 Å². The number of aliphatic imine (C=N–C) groups is 1. The smallest absolute Gasteiger partial charge is 0.150 e. The normalized spacial score (nSPS) is 11.5. The van der Waals surface area contributed by atoms with E-state index in [1.807, 2.05) is 13.8 Å². The number of fused-ring (bicyclic) bond motifs is 1. The molecule has 2 rings (SSSR count). The first kappa shape index (κ1) is 12.2. The van der Waals surface area contributed by atoms with Gasteiger partial charge in [-0.3, -0.25) is 14.8 Å². The fourth-order valence-electron chi connectivity index (χ4n) is 1.70. The molecule has 92 valence electrons. The average Bonchev–Trinajstić information content (AvgIpc) is 2.38. The van der Waals surface area contributed by atoms with Gasteiger partial charge >= 0.3 is 0 Å². The van der Waals surface area contributed by atoms with Crippen LogP contribution in [0.3, 0.4) is 0 Å². The maximum atomic E-state index is 11.1. The SMILES string of the molecule is CC(C)N=Cc1cc(C=O)c2cccnc2c1O. The maximum Gasteiger partial charge on any atom is 0.150 e. The lowest BCUT2D eigenvalue weighted by Gasteiger charge is -2.06. The van der Waals surface area contributed by atoms with Gasteiger partial charge < -0.3 is 5.11 Å². The van der Waals surface area contributed by atoms with Crippen molar-refractivity contribution in [3.05, 3.63) is 35.5 Å². The zero-order chi connectivity index (χ0) is 13.1. The molecule has 4 nitrogen and oxygen atoms in total. The summed E-state index contributed by atoms with van der Waals surface area (Å²) in [5, 5.41) is 10.8. The molecule has 0 fully saturated rings. The quantitative estimate of drug-likeness (QED) is 0.664. The van der Waals surface area contributed by atoms with Gasteiger partial charge in [-0.15, -0.1) is 0 Å². The number of pyridine rings is 1. The monoisotopic (exact) mass is 242 g/mol. The molecule has 0 aliphatic carbocycles. The van der Waals surface area contributed by atoms with Crippen LogP contribution >= 0.6 is 0 Å². The molecule has 1 aromatic carbocycles. The minimum Gasteiger partial charge on any atom is -0.505 e. The highest BCUT2D eigenvalue weighted by molar-refractivity contribution is 6.04. The number of hydrogen-bond acceptors (Lipinski definition) is 4. The van der Waals surface area contributed by atoms with Gasteiger partial charge in [-0.2, -0.15) is 0 Å². The Bertz CT molecular complexity index is 618. The number of nitrogens with zero attached hydrogens (tertiary/aromatic N) is 2. The van der Waals surface area contributed by atoms with Crippen molar-refractivity contribution >= 4 is 23.4 Å². The second-order valence-corrected chi connectivity index (χ2v) is 4.29. The fourth-order valence-corrected chi connectivity index (χ4v) is 1.70. The van der Waals surface area contributed by atoms with Crippen LogP contribution in [-0.2, 0) is 0 Å². The van der Waals surface area contributed by atoms with Gasteiger partial charge in [0.05, 0.1) is 0 Å². The van der Waals surface area contributed by atoms with Crippen molar-refractivity contribution in [3.63, 3.8) is 0 Å². The lowest BCUT2D eigenvalue weighted by atomic mass is 10.0. The Morgan fingerprint density at radius 1 is 1.39 bits per heavy atom. The Kier molecular flexibility index (Phi) is 3.37. The van der Waals surface area contributed by atoms with Crippen molar-refractivity contribution in [2.24, 2.45) is 4.99 Å². The summed E-state index contributed by atoms with van der Waals surface area (Å²) >= 11 is 0. The minimum atomic E-state index is 0.0561. The molecule has 0 bridgehead atoms. The van der Waals surface area contributed by atoms with Crippen molar-refractivity contribution in [1.29, 1.82) is 0 Å². The lowest BCUT2D eigenvalue weighted by Crippen LogP contribution is -1.95. The zero-order valence-corrected chi connectivity index (χ0v) is 10.3. The molecule has 0 saturated heterocycles. The highest BCUT2D eigenvalue weighted by Crippen LogP contribution is 2.28. The van der Waals surface area contributed by atoms with E-state index in [0.29, 0.717) is 22.0 Å². The molecule has 0 amide bonds. The summed E-state index contributed by atoms with van der Waals surface area (Å²) in [6.07, 6.45) is 3.91. The number of aromatic nitrogens is 1. The highest BCUT2D eigenvalue weighted by atomic mass is 16.3. The summed E-state index contributed by atoms with van der Waals surface area (Å²) in [6, 6.07) is 5.24. The van der Waals surface area contributed by atoms with Gasteiger partial charge in [0, 0.05) is 35.0 Å². The number of carbonyl (C=O) groups is 1. The van der Waals surface area contributed by atoms with Gasteiger partial charge in [0.15, 0.2) is 12.0 Å². The Balaban J connectivity index is 2.69. The maximum absolute atomic E-state index is 11.1. The van der Waals surface area contributed by atoms with E-state index in [-0.39, 0.29) is 11.8 Å². The number of phenolic OH excluding ortho intramolecular Hbond substituents is 1.